The molecule has 1 aromatic carbocycles. The maximum atomic E-state index is 12.9. The molecule has 0 bridgehead atoms. The quantitative estimate of drug-likeness (QED) is 0.872. The Balaban J connectivity index is 0.00000132. The van der Waals surface area contributed by atoms with Crippen molar-refractivity contribution in [1.29, 1.82) is 0 Å². The highest BCUT2D eigenvalue weighted by molar-refractivity contribution is 7.89. The zero-order valence-electron chi connectivity index (χ0n) is 12.8. The molecule has 1 aliphatic heterocycles. The highest BCUT2D eigenvalue weighted by Gasteiger charge is 2.29. The van der Waals surface area contributed by atoms with Gasteiger partial charge in [-0.2, -0.15) is 4.31 Å². The number of aromatic nitrogens is 1. The van der Waals surface area contributed by atoms with Gasteiger partial charge in [-0.25, -0.2) is 8.42 Å². The Hall–Kier alpha value is -0.920. The first-order valence-electron chi connectivity index (χ1n) is 7.15. The second-order valence-electron chi connectivity index (χ2n) is 5.39. The molecule has 0 radical (unpaired) electrons. The molecule has 23 heavy (non-hydrogen) atoms. The average molecular weight is 378 g/mol. The van der Waals surface area contributed by atoms with Crippen molar-refractivity contribution in [1.82, 2.24) is 14.6 Å². The van der Waals surface area contributed by atoms with Crippen LogP contribution in [0.5, 0.6) is 0 Å². The van der Waals surface area contributed by atoms with Crippen LogP contribution in [0.1, 0.15) is 13.3 Å². The van der Waals surface area contributed by atoms with Crippen LogP contribution in [-0.2, 0) is 10.0 Å². The van der Waals surface area contributed by atoms with Crippen molar-refractivity contribution in [3.05, 3.63) is 36.7 Å². The molecule has 0 aliphatic carbocycles. The zero-order chi connectivity index (χ0) is 14.9. The predicted octanol–water partition coefficient (Wildman–Crippen LogP) is 2.45. The SMILES string of the molecule is C[C@H]1CCNCCN1S(=O)(=O)c1ccc2cnccc2c1.Cl.Cl. The molecule has 2 aromatic rings. The van der Waals surface area contributed by atoms with Gasteiger partial charge in [0.05, 0.1) is 4.90 Å². The van der Waals surface area contributed by atoms with E-state index in [4.69, 9.17) is 0 Å². The first-order chi connectivity index (χ1) is 10.1. The molecule has 8 heteroatoms. The standard InChI is InChI=1S/C15H19N3O2S.2ClH/c1-12-4-6-16-8-9-18(12)21(19,20)15-3-2-14-11-17-7-5-13(14)10-15;;/h2-3,5,7,10-12,16H,4,6,8-9H2,1H3;2*1H/t12-;;/m0../s1. The molecule has 128 valence electrons. The summed E-state index contributed by atoms with van der Waals surface area (Å²) in [6.07, 6.45) is 4.25. The van der Waals surface area contributed by atoms with E-state index in [0.29, 0.717) is 18.0 Å². The molecule has 0 spiro atoms. The molecule has 1 N–H and O–H groups in total. The minimum absolute atomic E-state index is 0. The normalized spacial score (nSPS) is 19.4. The monoisotopic (exact) mass is 377 g/mol. The van der Waals surface area contributed by atoms with E-state index in [1.807, 2.05) is 19.1 Å². The second-order valence-corrected chi connectivity index (χ2v) is 7.28. The lowest BCUT2D eigenvalue weighted by Gasteiger charge is -2.26. The Morgan fingerprint density at radius 3 is 2.74 bits per heavy atom. The van der Waals surface area contributed by atoms with Crippen molar-refractivity contribution in [2.45, 2.75) is 24.3 Å². The van der Waals surface area contributed by atoms with E-state index in [0.717, 1.165) is 23.7 Å². The fourth-order valence-electron chi connectivity index (χ4n) is 2.70. The molecule has 1 saturated heterocycles. The van der Waals surface area contributed by atoms with Crippen molar-refractivity contribution in [3.8, 4) is 0 Å². The van der Waals surface area contributed by atoms with Gasteiger partial charge in [-0.15, -0.1) is 24.8 Å². The van der Waals surface area contributed by atoms with Crippen LogP contribution in [0.2, 0.25) is 0 Å². The third-order valence-corrected chi connectivity index (χ3v) is 5.97. The van der Waals surface area contributed by atoms with E-state index in [9.17, 15) is 8.42 Å². The number of nitrogens with one attached hydrogen (secondary N) is 1. The van der Waals surface area contributed by atoms with Gasteiger partial charge in [-0.1, -0.05) is 6.07 Å². The average Bonchev–Trinajstić information content (AvgIpc) is 2.71. The number of hydrogen-bond donors (Lipinski definition) is 1. The summed E-state index contributed by atoms with van der Waals surface area (Å²) < 4.78 is 27.4. The lowest BCUT2D eigenvalue weighted by molar-refractivity contribution is 0.350. The minimum Gasteiger partial charge on any atom is -0.315 e. The molecule has 1 aromatic heterocycles. The summed E-state index contributed by atoms with van der Waals surface area (Å²) in [5, 5.41) is 5.09. The van der Waals surface area contributed by atoms with Gasteiger partial charge in [0.2, 0.25) is 10.0 Å². The van der Waals surface area contributed by atoms with Crippen LogP contribution in [0.4, 0.5) is 0 Å². The van der Waals surface area contributed by atoms with Crippen molar-refractivity contribution in [2.24, 2.45) is 0 Å². The number of fused-ring (bicyclic) bond motifs is 1. The molecular weight excluding hydrogens is 357 g/mol. The van der Waals surface area contributed by atoms with Crippen molar-refractivity contribution >= 4 is 45.6 Å². The number of halogens is 2. The van der Waals surface area contributed by atoms with Crippen LogP contribution in [0, 0.1) is 0 Å². The number of nitrogens with zero attached hydrogens (tertiary/aromatic N) is 2. The van der Waals surface area contributed by atoms with E-state index in [1.165, 1.54) is 0 Å². The molecule has 0 unspecified atom stereocenters. The fraction of sp³-hybridized carbons (Fsp3) is 0.400. The summed E-state index contributed by atoms with van der Waals surface area (Å²) in [6, 6.07) is 7.07. The Bertz CT molecular complexity index is 755. The Morgan fingerprint density at radius 1 is 1.17 bits per heavy atom. The van der Waals surface area contributed by atoms with Crippen molar-refractivity contribution in [3.63, 3.8) is 0 Å². The molecule has 1 atom stereocenters. The Labute approximate surface area is 149 Å². The van der Waals surface area contributed by atoms with Crippen LogP contribution >= 0.6 is 24.8 Å². The van der Waals surface area contributed by atoms with Crippen molar-refractivity contribution in [2.75, 3.05) is 19.6 Å². The van der Waals surface area contributed by atoms with Crippen LogP contribution in [-0.4, -0.2) is 43.4 Å². The number of rotatable bonds is 2. The topological polar surface area (TPSA) is 62.3 Å². The molecule has 0 amide bonds. The number of pyridine rings is 1. The molecular formula is C15H21Cl2N3O2S. The molecule has 5 nitrogen and oxygen atoms in total. The van der Waals surface area contributed by atoms with Gasteiger partial charge in [0.1, 0.15) is 0 Å². The van der Waals surface area contributed by atoms with E-state index in [2.05, 4.69) is 10.3 Å². The number of hydrogen-bond acceptors (Lipinski definition) is 4. The minimum atomic E-state index is -3.45. The van der Waals surface area contributed by atoms with Gasteiger partial charge in [0.15, 0.2) is 0 Å². The van der Waals surface area contributed by atoms with Gasteiger partial charge in [0, 0.05) is 36.9 Å². The maximum absolute atomic E-state index is 12.9. The zero-order valence-corrected chi connectivity index (χ0v) is 15.3. The van der Waals surface area contributed by atoms with E-state index in [-0.39, 0.29) is 30.9 Å². The van der Waals surface area contributed by atoms with Gasteiger partial charge in [-0.3, -0.25) is 4.98 Å². The predicted molar refractivity (Wildman–Crippen MR) is 97.1 cm³/mol. The maximum Gasteiger partial charge on any atom is 0.243 e. The van der Waals surface area contributed by atoms with Crippen LogP contribution in [0.25, 0.3) is 10.8 Å². The van der Waals surface area contributed by atoms with E-state index >= 15 is 0 Å². The Kier molecular flexibility index (Phi) is 7.23. The molecule has 0 saturated carbocycles. The molecule has 2 heterocycles. The van der Waals surface area contributed by atoms with Crippen LogP contribution in [0.3, 0.4) is 0 Å². The van der Waals surface area contributed by atoms with E-state index < -0.39 is 10.0 Å². The summed E-state index contributed by atoms with van der Waals surface area (Å²) in [5.41, 5.74) is 0. The van der Waals surface area contributed by atoms with E-state index in [1.54, 1.807) is 28.8 Å². The highest BCUT2D eigenvalue weighted by Crippen LogP contribution is 2.23. The van der Waals surface area contributed by atoms with Gasteiger partial charge < -0.3 is 5.32 Å². The fourth-order valence-corrected chi connectivity index (χ4v) is 4.40. The lowest BCUT2D eigenvalue weighted by atomic mass is 10.2. The summed E-state index contributed by atoms with van der Waals surface area (Å²) in [4.78, 5) is 4.41. The van der Waals surface area contributed by atoms with Crippen LogP contribution in [0.15, 0.2) is 41.6 Å². The number of sulfonamides is 1. The highest BCUT2D eigenvalue weighted by atomic mass is 35.5. The third-order valence-electron chi connectivity index (χ3n) is 3.96. The summed E-state index contributed by atoms with van der Waals surface area (Å²) >= 11 is 0. The van der Waals surface area contributed by atoms with Crippen LogP contribution < -0.4 is 5.32 Å². The van der Waals surface area contributed by atoms with Crippen molar-refractivity contribution < 1.29 is 8.42 Å². The third kappa shape index (κ3) is 4.14. The van der Waals surface area contributed by atoms with Gasteiger partial charge in [0.25, 0.3) is 0 Å². The first-order valence-corrected chi connectivity index (χ1v) is 8.59. The molecule has 3 rings (SSSR count). The Morgan fingerprint density at radius 2 is 1.96 bits per heavy atom. The summed E-state index contributed by atoms with van der Waals surface area (Å²) in [7, 11) is -3.45. The summed E-state index contributed by atoms with van der Waals surface area (Å²) in [6.45, 7) is 4.03. The van der Waals surface area contributed by atoms with Gasteiger partial charge >= 0.3 is 0 Å². The summed E-state index contributed by atoms with van der Waals surface area (Å²) in [5.74, 6) is 0. The second kappa shape index (κ2) is 8.26. The smallest absolute Gasteiger partial charge is 0.243 e. The lowest BCUT2D eigenvalue weighted by Crippen LogP contribution is -2.39. The molecule has 1 aliphatic rings. The molecule has 1 fully saturated rings. The largest absolute Gasteiger partial charge is 0.315 e. The number of benzene rings is 1. The van der Waals surface area contributed by atoms with Gasteiger partial charge in [-0.05, 0) is 43.5 Å². The first kappa shape index (κ1) is 20.1.